The zero-order valence-corrected chi connectivity index (χ0v) is 11.9. The van der Waals surface area contributed by atoms with Gasteiger partial charge < -0.3 is 4.84 Å². The number of nitrogens with zero attached hydrogens (tertiary/aromatic N) is 2. The fraction of sp³-hybridized carbons (Fsp3) is 0.182. The number of hydrogen-bond acceptors (Lipinski definition) is 6. The number of anilines is 1. The van der Waals surface area contributed by atoms with E-state index in [2.05, 4.69) is 15.5 Å². The Morgan fingerprint density at radius 3 is 3.11 bits per heavy atom. The van der Waals surface area contributed by atoms with Gasteiger partial charge >= 0.3 is 0 Å². The second kappa shape index (κ2) is 5.28. The number of carbonyl (C=O) groups excluding carboxylic acids is 1. The number of aromatic nitrogens is 1. The molecule has 0 spiro atoms. The van der Waals surface area contributed by atoms with Crippen LogP contribution in [0.15, 0.2) is 28.9 Å². The molecule has 2 aromatic heterocycles. The summed E-state index contributed by atoms with van der Waals surface area (Å²) in [6.45, 7) is 0. The minimum atomic E-state index is -0.611. The van der Waals surface area contributed by atoms with Crippen molar-refractivity contribution in [3.8, 4) is 0 Å². The molecule has 1 aliphatic rings. The topological polar surface area (TPSA) is 63.6 Å². The van der Waals surface area contributed by atoms with Gasteiger partial charge in [0.1, 0.15) is 5.71 Å². The monoisotopic (exact) mass is 313 g/mol. The molecule has 3 rings (SSSR count). The molecule has 19 heavy (non-hydrogen) atoms. The minimum absolute atomic E-state index is 0.239. The van der Waals surface area contributed by atoms with Gasteiger partial charge in [-0.3, -0.25) is 10.1 Å². The van der Waals surface area contributed by atoms with E-state index in [0.717, 1.165) is 10.6 Å². The normalized spacial score (nSPS) is 17.9. The molecule has 5 nitrogen and oxygen atoms in total. The summed E-state index contributed by atoms with van der Waals surface area (Å²) in [6.07, 6.45) is 1.46. The van der Waals surface area contributed by atoms with Crippen molar-refractivity contribution >= 4 is 51.0 Å². The first-order valence-corrected chi connectivity index (χ1v) is 7.48. The number of nitrogens with one attached hydrogen (secondary N) is 1. The van der Waals surface area contributed by atoms with Crippen molar-refractivity contribution in [3.63, 3.8) is 0 Å². The molecule has 0 fully saturated rings. The van der Waals surface area contributed by atoms with Crippen molar-refractivity contribution in [2.24, 2.45) is 5.16 Å². The molecule has 0 bridgehead atoms. The van der Waals surface area contributed by atoms with Crippen molar-refractivity contribution in [1.29, 1.82) is 0 Å². The van der Waals surface area contributed by atoms with Crippen LogP contribution in [0.1, 0.15) is 11.3 Å². The van der Waals surface area contributed by atoms with Crippen LogP contribution in [-0.4, -0.2) is 22.7 Å². The van der Waals surface area contributed by atoms with E-state index in [9.17, 15) is 4.79 Å². The zero-order valence-electron chi connectivity index (χ0n) is 9.50. The number of thiophene rings is 1. The average molecular weight is 314 g/mol. The van der Waals surface area contributed by atoms with E-state index in [1.165, 1.54) is 22.7 Å². The Labute approximate surface area is 121 Å². The number of hydrogen-bond donors (Lipinski definition) is 1. The highest BCUT2D eigenvalue weighted by Crippen LogP contribution is 2.26. The number of thiazole rings is 1. The third-order valence-corrected chi connectivity index (χ3v) is 4.45. The van der Waals surface area contributed by atoms with Crippen LogP contribution in [0.2, 0.25) is 4.34 Å². The first-order chi connectivity index (χ1) is 9.22. The lowest BCUT2D eigenvalue weighted by atomic mass is 10.1. The van der Waals surface area contributed by atoms with Gasteiger partial charge in [0, 0.05) is 18.0 Å². The smallest absolute Gasteiger partial charge is 0.270 e. The Hall–Kier alpha value is -1.44. The molecular formula is C11H8ClN3O2S2. The first-order valence-electron chi connectivity index (χ1n) is 5.41. The quantitative estimate of drug-likeness (QED) is 0.947. The maximum atomic E-state index is 11.9. The summed E-state index contributed by atoms with van der Waals surface area (Å²) < 4.78 is 0.688. The van der Waals surface area contributed by atoms with Crippen LogP contribution in [0.3, 0.4) is 0 Å². The Kier molecular flexibility index (Phi) is 3.50. The molecule has 0 radical (unpaired) electrons. The van der Waals surface area contributed by atoms with Crippen LogP contribution < -0.4 is 5.32 Å². The molecular weight excluding hydrogens is 306 g/mol. The standard InChI is InChI=1S/C11H8ClN3O2S2/c12-9-2-1-8(19-9)6-5-7(17-15-6)10(16)14-11-13-3-4-18-11/h1-4,7H,5H2,(H,13,14,16)/t7-/m1/s1. The summed E-state index contributed by atoms with van der Waals surface area (Å²) in [4.78, 5) is 22.0. The molecule has 0 aliphatic carbocycles. The highest BCUT2D eigenvalue weighted by molar-refractivity contribution is 7.18. The second-order valence-electron chi connectivity index (χ2n) is 3.77. The van der Waals surface area contributed by atoms with Crippen molar-refractivity contribution in [2.75, 3.05) is 5.32 Å². The Morgan fingerprint density at radius 1 is 1.53 bits per heavy atom. The molecule has 98 valence electrons. The number of oxime groups is 1. The third-order valence-electron chi connectivity index (χ3n) is 2.48. The van der Waals surface area contributed by atoms with Gasteiger partial charge in [0.2, 0.25) is 6.10 Å². The molecule has 2 aromatic rings. The summed E-state index contributed by atoms with van der Waals surface area (Å²) in [5.74, 6) is -0.239. The van der Waals surface area contributed by atoms with Gasteiger partial charge in [-0.2, -0.15) is 0 Å². The summed E-state index contributed by atoms with van der Waals surface area (Å²) >= 11 is 8.65. The maximum absolute atomic E-state index is 11.9. The van der Waals surface area contributed by atoms with E-state index in [0.29, 0.717) is 15.9 Å². The number of carbonyl (C=O) groups is 1. The van der Waals surface area contributed by atoms with Crippen molar-refractivity contribution in [1.82, 2.24) is 4.98 Å². The minimum Gasteiger partial charge on any atom is -0.382 e. The van der Waals surface area contributed by atoms with Gasteiger partial charge in [0.25, 0.3) is 5.91 Å². The van der Waals surface area contributed by atoms with Crippen molar-refractivity contribution in [3.05, 3.63) is 32.9 Å². The van der Waals surface area contributed by atoms with E-state index in [4.69, 9.17) is 16.4 Å². The molecule has 0 aromatic carbocycles. The van der Waals surface area contributed by atoms with Gasteiger partial charge in [0.15, 0.2) is 5.13 Å². The fourth-order valence-electron chi connectivity index (χ4n) is 1.60. The predicted octanol–water partition coefficient (Wildman–Crippen LogP) is 2.99. The molecule has 0 saturated heterocycles. The first kappa shape index (κ1) is 12.6. The van der Waals surface area contributed by atoms with E-state index in [-0.39, 0.29) is 5.91 Å². The van der Waals surface area contributed by atoms with Crippen LogP contribution in [0.5, 0.6) is 0 Å². The lowest BCUT2D eigenvalue weighted by molar-refractivity contribution is -0.125. The average Bonchev–Trinajstić information content (AvgIpc) is 3.07. The summed E-state index contributed by atoms with van der Waals surface area (Å²) in [5.41, 5.74) is 0.746. The van der Waals surface area contributed by atoms with Gasteiger partial charge in [-0.15, -0.1) is 22.7 Å². The van der Waals surface area contributed by atoms with E-state index < -0.39 is 6.10 Å². The van der Waals surface area contributed by atoms with Gasteiger partial charge in [-0.25, -0.2) is 4.98 Å². The van der Waals surface area contributed by atoms with E-state index in [1.54, 1.807) is 17.6 Å². The molecule has 1 atom stereocenters. The maximum Gasteiger partial charge on any atom is 0.270 e. The van der Waals surface area contributed by atoms with E-state index >= 15 is 0 Å². The largest absolute Gasteiger partial charge is 0.382 e. The van der Waals surface area contributed by atoms with Gasteiger partial charge in [-0.1, -0.05) is 16.8 Å². The van der Waals surface area contributed by atoms with Gasteiger partial charge in [-0.05, 0) is 12.1 Å². The lowest BCUT2D eigenvalue weighted by Crippen LogP contribution is -2.27. The summed E-state index contributed by atoms with van der Waals surface area (Å²) in [6, 6.07) is 3.67. The van der Waals surface area contributed by atoms with Crippen molar-refractivity contribution < 1.29 is 9.63 Å². The molecule has 1 amide bonds. The third kappa shape index (κ3) is 2.78. The summed E-state index contributed by atoms with van der Waals surface area (Å²) in [7, 11) is 0. The van der Waals surface area contributed by atoms with Crippen LogP contribution >= 0.6 is 34.3 Å². The Bertz CT molecular complexity index is 624. The SMILES string of the molecule is O=C(Nc1nccs1)[C@H]1CC(c2ccc(Cl)s2)=NO1. The van der Waals surface area contributed by atoms with E-state index in [1.807, 2.05) is 6.07 Å². The van der Waals surface area contributed by atoms with Crippen LogP contribution in [0, 0.1) is 0 Å². The number of halogens is 1. The summed E-state index contributed by atoms with van der Waals surface area (Å²) in [5, 5.41) is 8.98. The lowest BCUT2D eigenvalue weighted by Gasteiger charge is -2.06. The van der Waals surface area contributed by atoms with Crippen molar-refractivity contribution in [2.45, 2.75) is 12.5 Å². The Balaban J connectivity index is 1.63. The molecule has 3 heterocycles. The van der Waals surface area contributed by atoms with Crippen LogP contribution in [-0.2, 0) is 9.63 Å². The highest BCUT2D eigenvalue weighted by Gasteiger charge is 2.29. The zero-order chi connectivity index (χ0) is 13.2. The van der Waals surface area contributed by atoms with Crippen LogP contribution in [0.25, 0.3) is 0 Å². The van der Waals surface area contributed by atoms with Gasteiger partial charge in [0.05, 0.1) is 9.21 Å². The number of amides is 1. The molecule has 0 unspecified atom stereocenters. The van der Waals surface area contributed by atoms with Crippen LogP contribution in [0.4, 0.5) is 5.13 Å². The number of rotatable bonds is 3. The Morgan fingerprint density at radius 2 is 2.42 bits per heavy atom. The fourth-order valence-corrected chi connectivity index (χ4v) is 3.17. The highest BCUT2D eigenvalue weighted by atomic mass is 35.5. The molecule has 8 heteroatoms. The molecule has 1 aliphatic heterocycles. The molecule has 0 saturated carbocycles. The predicted molar refractivity (Wildman–Crippen MR) is 76.1 cm³/mol. The second-order valence-corrected chi connectivity index (χ2v) is 6.38. The molecule has 1 N–H and O–H groups in total.